The van der Waals surface area contributed by atoms with E-state index in [4.69, 9.17) is 9.84 Å². The van der Waals surface area contributed by atoms with Crippen LogP contribution >= 0.6 is 0 Å². The third kappa shape index (κ3) is 5.14. The molecule has 0 rings (SSSR count). The van der Waals surface area contributed by atoms with Crippen molar-refractivity contribution in [1.82, 2.24) is 0 Å². The molecule has 0 aliphatic heterocycles. The average molecular weight is 218 g/mol. The number of unbranched alkanes of at least 4 members (excludes halogenated alkanes) is 1. The number of carboxylic acids is 1. The summed E-state index contributed by atoms with van der Waals surface area (Å²) < 4.78 is 4.86. The highest BCUT2D eigenvalue weighted by Crippen LogP contribution is 2.26. The van der Waals surface area contributed by atoms with E-state index in [2.05, 4.69) is 0 Å². The van der Waals surface area contributed by atoms with Gasteiger partial charge in [0.2, 0.25) is 0 Å². The van der Waals surface area contributed by atoms with Gasteiger partial charge in [-0.05, 0) is 13.3 Å². The highest BCUT2D eigenvalue weighted by atomic mass is 16.5. The molecule has 0 aliphatic carbocycles. The van der Waals surface area contributed by atoms with Crippen LogP contribution < -0.4 is 0 Å². The summed E-state index contributed by atoms with van der Waals surface area (Å²) in [6, 6.07) is 0. The van der Waals surface area contributed by atoms with E-state index in [1.165, 1.54) is 7.11 Å². The quantitative estimate of drug-likeness (QED) is 0.650. The van der Waals surface area contributed by atoms with Crippen molar-refractivity contribution in [3.05, 3.63) is 0 Å². The Hall–Kier alpha value is -0.610. The second-order valence-corrected chi connectivity index (χ2v) is 4.13. The summed E-state index contributed by atoms with van der Waals surface area (Å²) in [6.07, 6.45) is 2.62. The third-order valence-electron chi connectivity index (χ3n) is 2.71. The van der Waals surface area contributed by atoms with Crippen LogP contribution in [0.25, 0.3) is 0 Å². The van der Waals surface area contributed by atoms with Crippen molar-refractivity contribution in [3.8, 4) is 0 Å². The Morgan fingerprint density at radius 1 is 1.53 bits per heavy atom. The predicted molar refractivity (Wildman–Crippen MR) is 57.8 cm³/mol. The Morgan fingerprint density at radius 3 is 2.53 bits per heavy atom. The zero-order valence-corrected chi connectivity index (χ0v) is 9.82. The second-order valence-electron chi connectivity index (χ2n) is 4.13. The molecule has 2 unspecified atom stereocenters. The topological polar surface area (TPSA) is 66.8 Å². The van der Waals surface area contributed by atoms with Crippen molar-refractivity contribution in [2.24, 2.45) is 5.92 Å². The van der Waals surface area contributed by atoms with Crippen LogP contribution in [0.3, 0.4) is 0 Å². The zero-order valence-electron chi connectivity index (χ0n) is 9.82. The van der Waals surface area contributed by atoms with Crippen molar-refractivity contribution < 1.29 is 19.7 Å². The summed E-state index contributed by atoms with van der Waals surface area (Å²) in [6.45, 7) is 3.95. The van der Waals surface area contributed by atoms with Crippen LogP contribution in [-0.2, 0) is 9.53 Å². The fraction of sp³-hybridized carbons (Fsp3) is 0.909. The van der Waals surface area contributed by atoms with Gasteiger partial charge in [-0.25, -0.2) is 0 Å². The molecular formula is C11H22O4. The van der Waals surface area contributed by atoms with Crippen LogP contribution in [0.4, 0.5) is 0 Å². The van der Waals surface area contributed by atoms with E-state index in [1.807, 2.05) is 6.92 Å². The molecule has 0 aromatic carbocycles. The van der Waals surface area contributed by atoms with Gasteiger partial charge >= 0.3 is 5.97 Å². The van der Waals surface area contributed by atoms with E-state index >= 15 is 0 Å². The standard InChI is InChI=1S/C11H22O4/c1-4-5-6-9(10(12)13)11(2,14)7-8-15-3/h9,14H,4-8H2,1-3H3,(H,12,13). The molecular weight excluding hydrogens is 196 g/mol. The molecule has 0 saturated heterocycles. The first-order chi connectivity index (χ1) is 6.95. The molecule has 0 heterocycles. The number of hydrogen-bond acceptors (Lipinski definition) is 3. The number of aliphatic carboxylic acids is 1. The Bertz CT molecular complexity index is 189. The van der Waals surface area contributed by atoms with Gasteiger partial charge in [-0.1, -0.05) is 19.8 Å². The molecule has 2 N–H and O–H groups in total. The lowest BCUT2D eigenvalue weighted by Gasteiger charge is -2.29. The summed E-state index contributed by atoms with van der Waals surface area (Å²) in [5.74, 6) is -1.63. The normalized spacial score (nSPS) is 17.1. The number of carboxylic acid groups (broad SMARTS) is 1. The molecule has 2 atom stereocenters. The number of hydrogen-bond donors (Lipinski definition) is 2. The molecule has 0 saturated carbocycles. The first-order valence-corrected chi connectivity index (χ1v) is 5.39. The molecule has 0 spiro atoms. The van der Waals surface area contributed by atoms with E-state index in [9.17, 15) is 9.90 Å². The Labute approximate surface area is 91.3 Å². The first-order valence-electron chi connectivity index (χ1n) is 5.39. The van der Waals surface area contributed by atoms with Gasteiger partial charge in [-0.3, -0.25) is 4.79 Å². The van der Waals surface area contributed by atoms with Gasteiger partial charge in [0.1, 0.15) is 0 Å². The predicted octanol–water partition coefficient (Wildman–Crippen LogP) is 1.66. The molecule has 15 heavy (non-hydrogen) atoms. The van der Waals surface area contributed by atoms with E-state index < -0.39 is 17.5 Å². The van der Waals surface area contributed by atoms with Crippen LogP contribution in [0.2, 0.25) is 0 Å². The number of ether oxygens (including phenoxy) is 1. The second kappa shape index (κ2) is 6.80. The van der Waals surface area contributed by atoms with Gasteiger partial charge in [0.15, 0.2) is 0 Å². The molecule has 0 amide bonds. The number of rotatable bonds is 8. The maximum absolute atomic E-state index is 11.0. The molecule has 0 aliphatic rings. The maximum Gasteiger partial charge on any atom is 0.309 e. The van der Waals surface area contributed by atoms with E-state index in [0.717, 1.165) is 12.8 Å². The minimum Gasteiger partial charge on any atom is -0.481 e. The molecule has 0 radical (unpaired) electrons. The number of methoxy groups -OCH3 is 1. The lowest BCUT2D eigenvalue weighted by Crippen LogP contribution is -2.40. The van der Waals surface area contributed by atoms with Gasteiger partial charge in [0, 0.05) is 20.1 Å². The molecule has 4 heteroatoms. The first kappa shape index (κ1) is 14.4. The van der Waals surface area contributed by atoms with Crippen molar-refractivity contribution in [1.29, 1.82) is 0 Å². The van der Waals surface area contributed by atoms with E-state index in [1.54, 1.807) is 6.92 Å². The molecule has 0 fully saturated rings. The highest BCUT2D eigenvalue weighted by Gasteiger charge is 2.36. The third-order valence-corrected chi connectivity index (χ3v) is 2.71. The van der Waals surface area contributed by atoms with Crippen LogP contribution in [-0.4, -0.2) is 35.5 Å². The van der Waals surface area contributed by atoms with Crippen LogP contribution in [0.1, 0.15) is 39.5 Å². The molecule has 90 valence electrons. The van der Waals surface area contributed by atoms with Crippen LogP contribution in [0.5, 0.6) is 0 Å². The van der Waals surface area contributed by atoms with Crippen LogP contribution in [0.15, 0.2) is 0 Å². The van der Waals surface area contributed by atoms with Crippen LogP contribution in [0, 0.1) is 5.92 Å². The fourth-order valence-electron chi connectivity index (χ4n) is 1.59. The Balaban J connectivity index is 4.36. The average Bonchev–Trinajstić information content (AvgIpc) is 2.14. The fourth-order valence-corrected chi connectivity index (χ4v) is 1.59. The monoisotopic (exact) mass is 218 g/mol. The summed E-state index contributed by atoms with van der Waals surface area (Å²) >= 11 is 0. The summed E-state index contributed by atoms with van der Waals surface area (Å²) in [5, 5.41) is 19.1. The number of carbonyl (C=O) groups is 1. The van der Waals surface area contributed by atoms with Gasteiger partial charge in [0.25, 0.3) is 0 Å². The van der Waals surface area contributed by atoms with Gasteiger partial charge in [0.05, 0.1) is 11.5 Å². The molecule has 0 bridgehead atoms. The van der Waals surface area contributed by atoms with Crippen molar-refractivity contribution in [2.75, 3.05) is 13.7 Å². The highest BCUT2D eigenvalue weighted by molar-refractivity contribution is 5.71. The van der Waals surface area contributed by atoms with E-state index in [0.29, 0.717) is 19.4 Å². The van der Waals surface area contributed by atoms with Crippen molar-refractivity contribution >= 4 is 5.97 Å². The zero-order chi connectivity index (χ0) is 11.9. The van der Waals surface area contributed by atoms with Gasteiger partial charge in [-0.2, -0.15) is 0 Å². The SMILES string of the molecule is CCCCC(C(=O)O)C(C)(O)CCOC. The van der Waals surface area contributed by atoms with Gasteiger partial charge < -0.3 is 14.9 Å². The minimum absolute atomic E-state index is 0.351. The summed E-state index contributed by atoms with van der Waals surface area (Å²) in [4.78, 5) is 11.0. The molecule has 4 nitrogen and oxygen atoms in total. The Morgan fingerprint density at radius 2 is 2.13 bits per heavy atom. The number of aliphatic hydroxyl groups is 1. The van der Waals surface area contributed by atoms with Gasteiger partial charge in [-0.15, -0.1) is 0 Å². The molecule has 0 aromatic heterocycles. The summed E-state index contributed by atoms with van der Waals surface area (Å²) in [5.41, 5.74) is -1.18. The van der Waals surface area contributed by atoms with Crippen molar-refractivity contribution in [2.45, 2.75) is 45.1 Å². The Kier molecular flexibility index (Phi) is 6.52. The van der Waals surface area contributed by atoms with E-state index in [-0.39, 0.29) is 0 Å². The lowest BCUT2D eigenvalue weighted by molar-refractivity contribution is -0.152. The van der Waals surface area contributed by atoms with Crippen molar-refractivity contribution in [3.63, 3.8) is 0 Å². The smallest absolute Gasteiger partial charge is 0.309 e. The largest absolute Gasteiger partial charge is 0.481 e. The summed E-state index contributed by atoms with van der Waals surface area (Å²) in [7, 11) is 1.54. The maximum atomic E-state index is 11.0. The lowest BCUT2D eigenvalue weighted by atomic mass is 9.83. The minimum atomic E-state index is -1.18. The molecule has 0 aromatic rings.